The SMILES string of the molecule is CSc1cccc(CC(=O)Nc2ccc([C@H]3CCC[C@H](c4ccc(NC(=O)Cc5cccc(SC)c5)nn4)C3)nn2)c1. The Kier molecular flexibility index (Phi) is 10.2. The lowest BCUT2D eigenvalue weighted by molar-refractivity contribution is -0.116. The average molecular weight is 599 g/mol. The molecule has 2 aromatic heterocycles. The molecule has 0 saturated heterocycles. The summed E-state index contributed by atoms with van der Waals surface area (Å²) in [6, 6.07) is 23.5. The van der Waals surface area contributed by atoms with Gasteiger partial charge in [0, 0.05) is 21.6 Å². The van der Waals surface area contributed by atoms with Gasteiger partial charge in [0.05, 0.1) is 24.2 Å². The normalized spacial score (nSPS) is 16.5. The highest BCUT2D eigenvalue weighted by Gasteiger charge is 2.27. The van der Waals surface area contributed by atoms with E-state index in [0.717, 1.165) is 58.0 Å². The standard InChI is InChI=1S/C32H34N6O2S2/c1-41-25-10-3-6-21(16-25)18-31(39)33-29-14-12-27(35-37-29)23-8-5-9-24(20-23)28-13-15-30(38-36-28)34-32(40)19-22-7-4-11-26(17-22)42-2/h3-4,6-7,10-17,23-24H,5,8-9,18-20H2,1-2H3,(H,33,37,39)(H,34,38,40)/t23-,24-/m0/s1. The van der Waals surface area contributed by atoms with E-state index >= 15 is 0 Å². The Morgan fingerprint density at radius 2 is 1.17 bits per heavy atom. The zero-order chi connectivity index (χ0) is 29.3. The molecular weight excluding hydrogens is 565 g/mol. The molecule has 0 unspecified atom stereocenters. The number of thioether (sulfide) groups is 2. The number of carbonyl (C=O) groups is 2. The molecule has 4 aromatic rings. The van der Waals surface area contributed by atoms with Gasteiger partial charge in [-0.2, -0.15) is 10.2 Å². The molecule has 1 fully saturated rings. The average Bonchev–Trinajstić information content (AvgIpc) is 3.02. The quantitative estimate of drug-likeness (QED) is 0.199. The number of nitrogens with zero attached hydrogens (tertiary/aromatic N) is 4. The number of amides is 2. The van der Waals surface area contributed by atoms with Crippen LogP contribution in [0.5, 0.6) is 0 Å². The number of nitrogens with one attached hydrogen (secondary N) is 2. The number of benzene rings is 2. The Labute approximate surface area is 254 Å². The smallest absolute Gasteiger partial charge is 0.229 e. The molecular formula is C32H34N6O2S2. The second kappa shape index (κ2) is 14.4. The van der Waals surface area contributed by atoms with Crippen LogP contribution in [0.3, 0.4) is 0 Å². The summed E-state index contributed by atoms with van der Waals surface area (Å²) in [7, 11) is 0. The molecule has 42 heavy (non-hydrogen) atoms. The molecule has 2 atom stereocenters. The van der Waals surface area contributed by atoms with Gasteiger partial charge in [-0.3, -0.25) is 9.59 Å². The topological polar surface area (TPSA) is 110 Å². The molecule has 0 radical (unpaired) electrons. The molecule has 0 aliphatic heterocycles. The maximum atomic E-state index is 12.5. The largest absolute Gasteiger partial charge is 0.309 e. The number of anilines is 2. The number of hydrogen-bond acceptors (Lipinski definition) is 8. The zero-order valence-electron chi connectivity index (χ0n) is 23.7. The summed E-state index contributed by atoms with van der Waals surface area (Å²) in [6.45, 7) is 0. The summed E-state index contributed by atoms with van der Waals surface area (Å²) in [5.74, 6) is 1.20. The van der Waals surface area contributed by atoms with E-state index in [0.29, 0.717) is 11.6 Å². The summed E-state index contributed by atoms with van der Waals surface area (Å²) in [6.07, 6.45) is 8.63. The van der Waals surface area contributed by atoms with Crippen LogP contribution in [-0.4, -0.2) is 44.7 Å². The van der Waals surface area contributed by atoms with Crippen molar-refractivity contribution in [1.82, 2.24) is 20.4 Å². The van der Waals surface area contributed by atoms with E-state index in [1.54, 1.807) is 23.5 Å². The maximum absolute atomic E-state index is 12.5. The molecule has 2 N–H and O–H groups in total. The zero-order valence-corrected chi connectivity index (χ0v) is 25.4. The van der Waals surface area contributed by atoms with Gasteiger partial charge in [-0.15, -0.1) is 33.7 Å². The molecule has 216 valence electrons. The van der Waals surface area contributed by atoms with Crippen LogP contribution in [0, 0.1) is 0 Å². The van der Waals surface area contributed by atoms with Crippen molar-refractivity contribution in [2.75, 3.05) is 23.1 Å². The first-order chi connectivity index (χ1) is 20.5. The minimum absolute atomic E-state index is 0.115. The molecule has 1 saturated carbocycles. The molecule has 0 bridgehead atoms. The van der Waals surface area contributed by atoms with Crippen molar-refractivity contribution in [2.45, 2.75) is 60.2 Å². The summed E-state index contributed by atoms with van der Waals surface area (Å²) >= 11 is 3.31. The lowest BCUT2D eigenvalue weighted by atomic mass is 9.78. The first-order valence-electron chi connectivity index (χ1n) is 14.0. The van der Waals surface area contributed by atoms with E-state index in [-0.39, 0.29) is 36.5 Å². The minimum atomic E-state index is -0.115. The Morgan fingerprint density at radius 1 is 0.690 bits per heavy atom. The Hall–Kier alpha value is -3.76. The molecule has 2 amide bonds. The van der Waals surface area contributed by atoms with E-state index in [2.05, 4.69) is 31.0 Å². The first kappa shape index (κ1) is 29.7. The summed E-state index contributed by atoms with van der Waals surface area (Å²) in [5.41, 5.74) is 3.78. The van der Waals surface area contributed by atoms with Crippen LogP contribution in [-0.2, 0) is 22.4 Å². The van der Waals surface area contributed by atoms with E-state index in [9.17, 15) is 9.59 Å². The first-order valence-corrected chi connectivity index (χ1v) is 16.5. The number of rotatable bonds is 10. The van der Waals surface area contributed by atoms with Gasteiger partial charge in [-0.05, 0) is 91.4 Å². The fraction of sp³-hybridized carbons (Fsp3) is 0.312. The van der Waals surface area contributed by atoms with Crippen molar-refractivity contribution in [3.8, 4) is 0 Å². The van der Waals surface area contributed by atoms with Crippen LogP contribution in [0.25, 0.3) is 0 Å². The van der Waals surface area contributed by atoms with Crippen LogP contribution in [0.15, 0.2) is 82.6 Å². The van der Waals surface area contributed by atoms with Crippen molar-refractivity contribution in [3.05, 3.63) is 95.3 Å². The number of carbonyl (C=O) groups excluding carboxylic acids is 2. The highest BCUT2D eigenvalue weighted by atomic mass is 32.2. The Balaban J connectivity index is 1.13. The van der Waals surface area contributed by atoms with Crippen LogP contribution in [0.1, 0.15) is 60.0 Å². The molecule has 1 aliphatic carbocycles. The number of aromatic nitrogens is 4. The van der Waals surface area contributed by atoms with Gasteiger partial charge in [0.1, 0.15) is 0 Å². The Morgan fingerprint density at radius 3 is 1.57 bits per heavy atom. The fourth-order valence-electron chi connectivity index (χ4n) is 5.29. The highest BCUT2D eigenvalue weighted by molar-refractivity contribution is 7.98. The third-order valence-electron chi connectivity index (χ3n) is 7.41. The monoisotopic (exact) mass is 598 g/mol. The molecule has 1 aliphatic rings. The molecule has 0 spiro atoms. The van der Waals surface area contributed by atoms with Crippen molar-refractivity contribution < 1.29 is 9.59 Å². The highest BCUT2D eigenvalue weighted by Crippen LogP contribution is 2.40. The van der Waals surface area contributed by atoms with Gasteiger partial charge < -0.3 is 10.6 Å². The molecule has 8 nitrogen and oxygen atoms in total. The van der Waals surface area contributed by atoms with E-state index in [1.807, 2.05) is 85.3 Å². The third kappa shape index (κ3) is 8.17. The predicted octanol–water partition coefficient (Wildman–Crippen LogP) is 6.51. The second-order valence-electron chi connectivity index (χ2n) is 10.4. The Bertz CT molecular complexity index is 1400. The van der Waals surface area contributed by atoms with Gasteiger partial charge in [0.15, 0.2) is 11.6 Å². The van der Waals surface area contributed by atoms with Crippen molar-refractivity contribution in [1.29, 1.82) is 0 Å². The van der Waals surface area contributed by atoms with Gasteiger partial charge >= 0.3 is 0 Å². The van der Waals surface area contributed by atoms with Crippen LogP contribution in [0.2, 0.25) is 0 Å². The molecule has 5 rings (SSSR count). The molecule has 2 heterocycles. The van der Waals surface area contributed by atoms with Crippen LogP contribution >= 0.6 is 23.5 Å². The maximum Gasteiger partial charge on any atom is 0.229 e. The minimum Gasteiger partial charge on any atom is -0.309 e. The fourth-order valence-corrected chi connectivity index (χ4v) is 6.26. The van der Waals surface area contributed by atoms with Crippen molar-refractivity contribution in [2.24, 2.45) is 0 Å². The van der Waals surface area contributed by atoms with Gasteiger partial charge in [-0.1, -0.05) is 30.7 Å². The predicted molar refractivity (Wildman–Crippen MR) is 169 cm³/mol. The van der Waals surface area contributed by atoms with E-state index < -0.39 is 0 Å². The van der Waals surface area contributed by atoms with E-state index in [1.165, 1.54) is 0 Å². The second-order valence-corrected chi connectivity index (χ2v) is 12.2. The summed E-state index contributed by atoms with van der Waals surface area (Å²) < 4.78 is 0. The van der Waals surface area contributed by atoms with Crippen LogP contribution in [0.4, 0.5) is 11.6 Å². The summed E-state index contributed by atoms with van der Waals surface area (Å²) in [4.78, 5) is 27.3. The summed E-state index contributed by atoms with van der Waals surface area (Å²) in [5, 5.41) is 23.2. The lowest BCUT2D eigenvalue weighted by Gasteiger charge is -2.28. The van der Waals surface area contributed by atoms with Crippen molar-refractivity contribution >= 4 is 47.0 Å². The van der Waals surface area contributed by atoms with E-state index in [4.69, 9.17) is 0 Å². The van der Waals surface area contributed by atoms with Crippen molar-refractivity contribution in [3.63, 3.8) is 0 Å². The lowest BCUT2D eigenvalue weighted by Crippen LogP contribution is -2.18. The van der Waals surface area contributed by atoms with Crippen LogP contribution < -0.4 is 10.6 Å². The molecule has 2 aromatic carbocycles. The third-order valence-corrected chi connectivity index (χ3v) is 8.86. The van der Waals surface area contributed by atoms with Gasteiger partial charge in [0.2, 0.25) is 11.8 Å². The molecule has 10 heteroatoms. The van der Waals surface area contributed by atoms with Gasteiger partial charge in [-0.25, -0.2) is 0 Å². The van der Waals surface area contributed by atoms with Gasteiger partial charge in [0.25, 0.3) is 0 Å². The number of hydrogen-bond donors (Lipinski definition) is 2.